The molecule has 0 radical (unpaired) electrons. The SMILES string of the molecule is NCc1ccccc1C(=O)NCC1(c2ccccc2)CC1. The molecule has 108 valence electrons. The molecule has 1 saturated carbocycles. The number of nitrogens with two attached hydrogens (primary N) is 1. The maximum atomic E-state index is 12.4. The summed E-state index contributed by atoms with van der Waals surface area (Å²) in [6.07, 6.45) is 2.27. The van der Waals surface area contributed by atoms with Crippen molar-refractivity contribution in [2.45, 2.75) is 24.8 Å². The molecule has 3 N–H and O–H groups in total. The molecule has 21 heavy (non-hydrogen) atoms. The van der Waals surface area contributed by atoms with E-state index in [0.717, 1.165) is 18.4 Å². The number of hydrogen-bond acceptors (Lipinski definition) is 2. The number of amides is 1. The highest BCUT2D eigenvalue weighted by Gasteiger charge is 2.44. The van der Waals surface area contributed by atoms with Crippen molar-refractivity contribution in [3.8, 4) is 0 Å². The standard InChI is InChI=1S/C18H20N2O/c19-12-14-6-4-5-9-16(14)17(21)20-13-18(10-11-18)15-7-2-1-3-8-15/h1-9H,10-13,19H2,(H,20,21). The first-order valence-corrected chi connectivity index (χ1v) is 7.37. The zero-order valence-corrected chi connectivity index (χ0v) is 12.0. The number of hydrogen-bond donors (Lipinski definition) is 2. The lowest BCUT2D eigenvalue weighted by atomic mass is 9.96. The number of benzene rings is 2. The topological polar surface area (TPSA) is 55.1 Å². The molecule has 0 unspecified atom stereocenters. The predicted molar refractivity (Wildman–Crippen MR) is 84.0 cm³/mol. The summed E-state index contributed by atoms with van der Waals surface area (Å²) < 4.78 is 0. The zero-order valence-electron chi connectivity index (χ0n) is 12.0. The van der Waals surface area contributed by atoms with Gasteiger partial charge in [0.2, 0.25) is 0 Å². The average molecular weight is 280 g/mol. The molecule has 0 atom stereocenters. The van der Waals surface area contributed by atoms with Gasteiger partial charge in [-0.2, -0.15) is 0 Å². The van der Waals surface area contributed by atoms with Gasteiger partial charge in [-0.05, 0) is 30.0 Å². The Balaban J connectivity index is 1.69. The monoisotopic (exact) mass is 280 g/mol. The van der Waals surface area contributed by atoms with Gasteiger partial charge in [-0.25, -0.2) is 0 Å². The van der Waals surface area contributed by atoms with Crippen LogP contribution in [0.4, 0.5) is 0 Å². The minimum absolute atomic E-state index is 0.0294. The minimum atomic E-state index is -0.0294. The van der Waals surface area contributed by atoms with Crippen molar-refractivity contribution >= 4 is 5.91 Å². The first-order chi connectivity index (χ1) is 10.2. The van der Waals surface area contributed by atoms with Crippen molar-refractivity contribution in [3.05, 3.63) is 71.3 Å². The van der Waals surface area contributed by atoms with Crippen molar-refractivity contribution in [1.29, 1.82) is 0 Å². The van der Waals surface area contributed by atoms with Gasteiger partial charge in [-0.15, -0.1) is 0 Å². The fraction of sp³-hybridized carbons (Fsp3) is 0.278. The van der Waals surface area contributed by atoms with Crippen molar-refractivity contribution in [2.75, 3.05) is 6.54 Å². The van der Waals surface area contributed by atoms with E-state index in [1.807, 2.05) is 30.3 Å². The Bertz CT molecular complexity index is 633. The minimum Gasteiger partial charge on any atom is -0.351 e. The molecule has 3 rings (SSSR count). The van der Waals surface area contributed by atoms with E-state index < -0.39 is 0 Å². The highest BCUT2D eigenvalue weighted by atomic mass is 16.1. The molecule has 1 fully saturated rings. The zero-order chi connectivity index (χ0) is 14.7. The summed E-state index contributed by atoms with van der Waals surface area (Å²) in [6, 6.07) is 17.9. The molecule has 0 saturated heterocycles. The summed E-state index contributed by atoms with van der Waals surface area (Å²) in [6.45, 7) is 1.07. The number of carbonyl (C=O) groups is 1. The maximum Gasteiger partial charge on any atom is 0.251 e. The second kappa shape index (κ2) is 5.70. The molecule has 3 heteroatoms. The van der Waals surface area contributed by atoms with Crippen LogP contribution >= 0.6 is 0 Å². The van der Waals surface area contributed by atoms with Crippen LogP contribution in [0.1, 0.15) is 34.3 Å². The van der Waals surface area contributed by atoms with Crippen molar-refractivity contribution < 1.29 is 4.79 Å². The summed E-state index contributed by atoms with van der Waals surface area (Å²) in [5.74, 6) is -0.0294. The largest absolute Gasteiger partial charge is 0.351 e. The molecule has 0 bridgehead atoms. The number of nitrogens with one attached hydrogen (secondary N) is 1. The van der Waals surface area contributed by atoms with Crippen molar-refractivity contribution in [1.82, 2.24) is 5.32 Å². The lowest BCUT2D eigenvalue weighted by Crippen LogP contribution is -2.33. The van der Waals surface area contributed by atoms with Crippen molar-refractivity contribution in [2.24, 2.45) is 5.73 Å². The third kappa shape index (κ3) is 2.83. The highest BCUT2D eigenvalue weighted by Crippen LogP contribution is 2.47. The summed E-state index contributed by atoms with van der Waals surface area (Å²) in [7, 11) is 0. The Labute approximate surface area is 125 Å². The molecule has 1 aliphatic rings. The van der Waals surface area contributed by atoms with Crippen LogP contribution in [0.15, 0.2) is 54.6 Å². The summed E-state index contributed by atoms with van der Waals surface area (Å²) in [5.41, 5.74) is 8.72. The quantitative estimate of drug-likeness (QED) is 0.884. The smallest absolute Gasteiger partial charge is 0.251 e. The van der Waals surface area contributed by atoms with Crippen LogP contribution in [0.5, 0.6) is 0 Å². The summed E-state index contributed by atoms with van der Waals surface area (Å²) in [4.78, 5) is 12.4. The average Bonchev–Trinajstić information content (AvgIpc) is 3.34. The highest BCUT2D eigenvalue weighted by molar-refractivity contribution is 5.95. The van der Waals surface area contributed by atoms with E-state index in [-0.39, 0.29) is 11.3 Å². The molecule has 0 heterocycles. The molecular weight excluding hydrogens is 260 g/mol. The molecule has 0 spiro atoms. The van der Waals surface area contributed by atoms with Gasteiger partial charge in [-0.1, -0.05) is 48.5 Å². The molecule has 0 aromatic heterocycles. The third-order valence-corrected chi connectivity index (χ3v) is 4.31. The maximum absolute atomic E-state index is 12.4. The van der Waals surface area contributed by atoms with Gasteiger partial charge < -0.3 is 11.1 Å². The molecular formula is C18H20N2O. The van der Waals surface area contributed by atoms with Crippen LogP contribution in [-0.4, -0.2) is 12.5 Å². The van der Waals surface area contributed by atoms with E-state index in [0.29, 0.717) is 18.7 Å². The number of rotatable bonds is 5. The Morgan fingerprint density at radius 3 is 2.38 bits per heavy atom. The first kappa shape index (κ1) is 13.8. The molecule has 2 aromatic carbocycles. The van der Waals surface area contributed by atoms with Gasteiger partial charge in [-0.3, -0.25) is 4.79 Å². The van der Waals surface area contributed by atoms with E-state index in [1.54, 1.807) is 0 Å². The normalized spacial score (nSPS) is 15.5. The Morgan fingerprint density at radius 2 is 1.71 bits per heavy atom. The fourth-order valence-corrected chi connectivity index (χ4v) is 2.77. The second-order valence-electron chi connectivity index (χ2n) is 5.69. The van der Waals surface area contributed by atoms with E-state index in [2.05, 4.69) is 29.6 Å². The van der Waals surface area contributed by atoms with Crippen LogP contribution in [0, 0.1) is 0 Å². The van der Waals surface area contributed by atoms with E-state index in [9.17, 15) is 4.79 Å². The van der Waals surface area contributed by atoms with Crippen LogP contribution in [0.2, 0.25) is 0 Å². The van der Waals surface area contributed by atoms with Gasteiger partial charge >= 0.3 is 0 Å². The Hall–Kier alpha value is -2.13. The van der Waals surface area contributed by atoms with Gasteiger partial charge in [0, 0.05) is 24.1 Å². The van der Waals surface area contributed by atoms with Crippen LogP contribution in [0.25, 0.3) is 0 Å². The summed E-state index contributed by atoms with van der Waals surface area (Å²) in [5, 5.41) is 3.08. The molecule has 3 nitrogen and oxygen atoms in total. The molecule has 1 amide bonds. The lowest BCUT2D eigenvalue weighted by molar-refractivity contribution is 0.0948. The van der Waals surface area contributed by atoms with Crippen LogP contribution in [0.3, 0.4) is 0 Å². The van der Waals surface area contributed by atoms with Gasteiger partial charge in [0.1, 0.15) is 0 Å². The van der Waals surface area contributed by atoms with Gasteiger partial charge in [0.15, 0.2) is 0 Å². The van der Waals surface area contributed by atoms with Gasteiger partial charge in [0.05, 0.1) is 0 Å². The summed E-state index contributed by atoms with van der Waals surface area (Å²) >= 11 is 0. The van der Waals surface area contributed by atoms with E-state index in [4.69, 9.17) is 5.73 Å². The Morgan fingerprint density at radius 1 is 1.05 bits per heavy atom. The molecule has 0 aliphatic heterocycles. The predicted octanol–water partition coefficient (Wildman–Crippen LogP) is 2.61. The molecule has 2 aromatic rings. The lowest BCUT2D eigenvalue weighted by Gasteiger charge is -2.17. The van der Waals surface area contributed by atoms with Crippen LogP contribution in [-0.2, 0) is 12.0 Å². The first-order valence-electron chi connectivity index (χ1n) is 7.37. The third-order valence-electron chi connectivity index (χ3n) is 4.31. The van der Waals surface area contributed by atoms with E-state index in [1.165, 1.54) is 5.56 Å². The molecule has 1 aliphatic carbocycles. The van der Waals surface area contributed by atoms with Crippen molar-refractivity contribution in [3.63, 3.8) is 0 Å². The Kier molecular flexibility index (Phi) is 3.76. The van der Waals surface area contributed by atoms with E-state index >= 15 is 0 Å². The number of carbonyl (C=O) groups excluding carboxylic acids is 1. The fourth-order valence-electron chi connectivity index (χ4n) is 2.77. The second-order valence-corrected chi connectivity index (χ2v) is 5.69. The van der Waals surface area contributed by atoms with Gasteiger partial charge in [0.25, 0.3) is 5.91 Å². The van der Waals surface area contributed by atoms with Crippen LogP contribution < -0.4 is 11.1 Å².